The number of aliphatic hydroxyl groups excluding tert-OH is 1. The summed E-state index contributed by atoms with van der Waals surface area (Å²) in [5.74, 6) is 0.0121. The Bertz CT molecular complexity index is 459. The molecular weight excluding hydrogens is 294 g/mol. The summed E-state index contributed by atoms with van der Waals surface area (Å²) in [6, 6.07) is 7.81. The smallest absolute Gasteiger partial charge is 0.224 e. The molecule has 2 N–H and O–H groups in total. The van der Waals surface area contributed by atoms with Crippen molar-refractivity contribution in [3.8, 4) is 0 Å². The van der Waals surface area contributed by atoms with Crippen LogP contribution in [0.4, 0.5) is 0 Å². The van der Waals surface area contributed by atoms with Crippen molar-refractivity contribution in [2.45, 2.75) is 38.8 Å². The van der Waals surface area contributed by atoms with Gasteiger partial charge in [-0.15, -0.1) is 0 Å². The SMILES string of the molecule is CC1(C)C(O)CC1NC(=O)Cc1cccc(Br)c1. The lowest BCUT2D eigenvalue weighted by Crippen LogP contribution is -2.61. The molecule has 0 bridgehead atoms. The molecule has 0 saturated heterocycles. The van der Waals surface area contributed by atoms with E-state index < -0.39 is 0 Å². The van der Waals surface area contributed by atoms with Crippen LogP contribution >= 0.6 is 15.9 Å². The zero-order valence-electron chi connectivity index (χ0n) is 10.6. The largest absolute Gasteiger partial charge is 0.392 e. The van der Waals surface area contributed by atoms with Crippen molar-refractivity contribution in [2.24, 2.45) is 5.41 Å². The van der Waals surface area contributed by atoms with E-state index in [2.05, 4.69) is 21.2 Å². The minimum Gasteiger partial charge on any atom is -0.392 e. The van der Waals surface area contributed by atoms with Crippen molar-refractivity contribution in [3.63, 3.8) is 0 Å². The van der Waals surface area contributed by atoms with Crippen LogP contribution in [0.5, 0.6) is 0 Å². The highest BCUT2D eigenvalue weighted by Gasteiger charge is 2.47. The molecule has 1 aromatic rings. The highest BCUT2D eigenvalue weighted by molar-refractivity contribution is 9.10. The van der Waals surface area contributed by atoms with Crippen LogP contribution < -0.4 is 5.32 Å². The van der Waals surface area contributed by atoms with Gasteiger partial charge in [0.15, 0.2) is 0 Å². The van der Waals surface area contributed by atoms with Crippen molar-refractivity contribution in [1.82, 2.24) is 5.32 Å². The predicted molar refractivity (Wildman–Crippen MR) is 74.2 cm³/mol. The van der Waals surface area contributed by atoms with E-state index in [0.29, 0.717) is 12.8 Å². The van der Waals surface area contributed by atoms with E-state index in [-0.39, 0.29) is 23.5 Å². The Morgan fingerprint density at radius 2 is 2.28 bits per heavy atom. The van der Waals surface area contributed by atoms with Crippen LogP contribution in [0.25, 0.3) is 0 Å². The molecule has 2 rings (SSSR count). The Balaban J connectivity index is 1.90. The number of benzene rings is 1. The van der Waals surface area contributed by atoms with Gasteiger partial charge in [-0.3, -0.25) is 4.79 Å². The van der Waals surface area contributed by atoms with Gasteiger partial charge in [0.1, 0.15) is 0 Å². The van der Waals surface area contributed by atoms with Gasteiger partial charge in [-0.05, 0) is 24.1 Å². The highest BCUT2D eigenvalue weighted by Crippen LogP contribution is 2.40. The van der Waals surface area contributed by atoms with E-state index in [1.807, 2.05) is 38.1 Å². The monoisotopic (exact) mass is 311 g/mol. The van der Waals surface area contributed by atoms with Gasteiger partial charge >= 0.3 is 0 Å². The van der Waals surface area contributed by atoms with Crippen LogP contribution in [0.1, 0.15) is 25.8 Å². The van der Waals surface area contributed by atoms with Crippen molar-refractivity contribution < 1.29 is 9.90 Å². The highest BCUT2D eigenvalue weighted by atomic mass is 79.9. The van der Waals surface area contributed by atoms with Gasteiger partial charge in [-0.25, -0.2) is 0 Å². The lowest BCUT2D eigenvalue weighted by atomic mass is 9.64. The van der Waals surface area contributed by atoms with E-state index in [1.54, 1.807) is 0 Å². The molecule has 2 unspecified atom stereocenters. The van der Waals surface area contributed by atoms with Crippen molar-refractivity contribution in [1.29, 1.82) is 0 Å². The lowest BCUT2D eigenvalue weighted by Gasteiger charge is -2.49. The summed E-state index contributed by atoms with van der Waals surface area (Å²) in [5, 5.41) is 12.6. The molecule has 0 spiro atoms. The molecule has 1 saturated carbocycles. The molecule has 1 aliphatic rings. The first kappa shape index (κ1) is 13.6. The Labute approximate surface area is 116 Å². The number of carbonyl (C=O) groups excluding carboxylic acids is 1. The van der Waals surface area contributed by atoms with Crippen molar-refractivity contribution in [3.05, 3.63) is 34.3 Å². The number of carbonyl (C=O) groups is 1. The molecule has 0 aliphatic heterocycles. The second kappa shape index (κ2) is 5.02. The average molecular weight is 312 g/mol. The molecule has 1 amide bonds. The van der Waals surface area contributed by atoms with Crippen LogP contribution in [-0.2, 0) is 11.2 Å². The summed E-state index contributed by atoms with van der Waals surface area (Å²) < 4.78 is 0.979. The Morgan fingerprint density at radius 3 is 2.83 bits per heavy atom. The third-order valence-electron chi connectivity index (χ3n) is 3.80. The van der Waals surface area contributed by atoms with Crippen LogP contribution in [0.2, 0.25) is 0 Å². The first-order chi connectivity index (χ1) is 8.39. The number of hydrogen-bond acceptors (Lipinski definition) is 2. The lowest BCUT2D eigenvalue weighted by molar-refractivity contribution is -0.128. The van der Waals surface area contributed by atoms with Gasteiger partial charge in [0.2, 0.25) is 5.91 Å². The molecule has 98 valence electrons. The van der Waals surface area contributed by atoms with Gasteiger partial charge in [-0.2, -0.15) is 0 Å². The van der Waals surface area contributed by atoms with Crippen molar-refractivity contribution in [2.75, 3.05) is 0 Å². The summed E-state index contributed by atoms with van der Waals surface area (Å²) in [6.45, 7) is 3.95. The fourth-order valence-corrected chi connectivity index (χ4v) is 2.67. The van der Waals surface area contributed by atoms with E-state index in [4.69, 9.17) is 0 Å². The normalized spacial score (nSPS) is 25.3. The first-order valence-corrected chi connectivity index (χ1v) is 6.91. The number of hydrogen-bond donors (Lipinski definition) is 2. The van der Waals surface area contributed by atoms with Gasteiger partial charge in [0.25, 0.3) is 0 Å². The molecule has 1 aromatic carbocycles. The zero-order chi connectivity index (χ0) is 13.3. The minimum atomic E-state index is -0.311. The maximum atomic E-state index is 11.9. The Morgan fingerprint density at radius 1 is 1.56 bits per heavy atom. The van der Waals surface area contributed by atoms with Gasteiger partial charge in [0.05, 0.1) is 12.5 Å². The summed E-state index contributed by atoms with van der Waals surface area (Å²) in [6.07, 6.45) is 0.716. The first-order valence-electron chi connectivity index (χ1n) is 6.11. The molecule has 3 nitrogen and oxygen atoms in total. The van der Waals surface area contributed by atoms with Crippen LogP contribution in [0.3, 0.4) is 0 Å². The molecule has 0 radical (unpaired) electrons. The topological polar surface area (TPSA) is 49.3 Å². The number of rotatable bonds is 3. The van der Waals surface area contributed by atoms with E-state index >= 15 is 0 Å². The van der Waals surface area contributed by atoms with E-state index in [9.17, 15) is 9.90 Å². The standard InChI is InChI=1S/C14H18BrNO2/c1-14(2)11(8-12(14)17)16-13(18)7-9-4-3-5-10(15)6-9/h3-6,11-12,17H,7-8H2,1-2H3,(H,16,18). The predicted octanol–water partition coefficient (Wildman–Crippen LogP) is 2.27. The van der Waals surface area contributed by atoms with Crippen LogP contribution in [-0.4, -0.2) is 23.2 Å². The molecule has 4 heteroatoms. The number of halogens is 1. The summed E-state index contributed by atoms with van der Waals surface area (Å²) >= 11 is 3.39. The molecule has 1 fully saturated rings. The number of nitrogens with one attached hydrogen (secondary N) is 1. The summed E-state index contributed by atoms with van der Waals surface area (Å²) in [5.41, 5.74) is 0.770. The molecular formula is C14H18BrNO2. The van der Waals surface area contributed by atoms with Gasteiger partial charge < -0.3 is 10.4 Å². The second-order valence-corrected chi connectivity index (χ2v) is 6.42. The summed E-state index contributed by atoms with van der Waals surface area (Å²) in [4.78, 5) is 11.9. The van der Waals surface area contributed by atoms with E-state index in [0.717, 1.165) is 10.0 Å². The Kier molecular flexibility index (Phi) is 3.78. The Hall–Kier alpha value is -0.870. The maximum Gasteiger partial charge on any atom is 0.224 e. The fraction of sp³-hybridized carbons (Fsp3) is 0.500. The zero-order valence-corrected chi connectivity index (χ0v) is 12.2. The quantitative estimate of drug-likeness (QED) is 0.899. The fourth-order valence-electron chi connectivity index (χ4n) is 2.23. The minimum absolute atomic E-state index is 0.0121. The van der Waals surface area contributed by atoms with Gasteiger partial charge in [0, 0.05) is 15.9 Å². The second-order valence-electron chi connectivity index (χ2n) is 5.50. The van der Waals surface area contributed by atoms with Crippen molar-refractivity contribution >= 4 is 21.8 Å². The van der Waals surface area contributed by atoms with E-state index in [1.165, 1.54) is 0 Å². The number of aliphatic hydroxyl groups is 1. The van der Waals surface area contributed by atoms with Crippen LogP contribution in [0, 0.1) is 5.41 Å². The number of amides is 1. The van der Waals surface area contributed by atoms with Gasteiger partial charge in [-0.1, -0.05) is 41.9 Å². The summed E-state index contributed by atoms with van der Waals surface area (Å²) in [7, 11) is 0. The third kappa shape index (κ3) is 2.75. The maximum absolute atomic E-state index is 11.9. The molecule has 2 atom stereocenters. The van der Waals surface area contributed by atoms with Crippen LogP contribution in [0.15, 0.2) is 28.7 Å². The average Bonchev–Trinajstić information content (AvgIpc) is 2.28. The molecule has 0 aromatic heterocycles. The molecule has 0 heterocycles. The molecule has 1 aliphatic carbocycles. The molecule has 18 heavy (non-hydrogen) atoms. The third-order valence-corrected chi connectivity index (χ3v) is 4.30.